The molecule has 0 aliphatic heterocycles. The van der Waals surface area contributed by atoms with Gasteiger partial charge in [0.1, 0.15) is 0 Å². The van der Waals surface area contributed by atoms with Gasteiger partial charge in [0.25, 0.3) is 5.91 Å². The highest BCUT2D eigenvalue weighted by molar-refractivity contribution is 6.05. The Bertz CT molecular complexity index is 1010. The summed E-state index contributed by atoms with van der Waals surface area (Å²) in [7, 11) is 0. The van der Waals surface area contributed by atoms with E-state index >= 15 is 0 Å². The molecule has 0 unspecified atom stereocenters. The third-order valence-corrected chi connectivity index (χ3v) is 4.62. The summed E-state index contributed by atoms with van der Waals surface area (Å²) in [4.78, 5) is 23.8. The number of hydrogen-bond acceptors (Lipinski definition) is 3. The van der Waals surface area contributed by atoms with Gasteiger partial charge < -0.3 is 15.5 Å². The van der Waals surface area contributed by atoms with Crippen molar-refractivity contribution in [2.45, 2.75) is 19.3 Å². The molecule has 1 amide bonds. The molecule has 0 fully saturated rings. The number of hydrogen-bond donors (Lipinski definition) is 3. The van der Waals surface area contributed by atoms with Crippen LogP contribution in [-0.4, -0.2) is 28.7 Å². The zero-order valence-electron chi connectivity index (χ0n) is 16.0. The van der Waals surface area contributed by atoms with Crippen LogP contribution in [0.1, 0.15) is 27.9 Å². The molecule has 0 saturated carbocycles. The third kappa shape index (κ3) is 5.53. The van der Waals surface area contributed by atoms with Gasteiger partial charge in [-0.2, -0.15) is 0 Å². The topological polar surface area (TPSA) is 86.6 Å². The van der Waals surface area contributed by atoms with Crippen LogP contribution in [0.25, 0.3) is 11.1 Å². The Kier molecular flexibility index (Phi) is 6.76. The Balaban J connectivity index is 1.81. The number of benzene rings is 3. The van der Waals surface area contributed by atoms with Crippen molar-refractivity contribution in [3.05, 3.63) is 89.5 Å². The number of carboxylic acid groups (broad SMARTS) is 1. The molecule has 148 valence electrons. The first-order valence-electron chi connectivity index (χ1n) is 9.48. The Morgan fingerprint density at radius 3 is 2.34 bits per heavy atom. The molecule has 0 aliphatic carbocycles. The molecule has 0 radical (unpaired) electrons. The van der Waals surface area contributed by atoms with Gasteiger partial charge in [0.2, 0.25) is 0 Å². The van der Waals surface area contributed by atoms with E-state index in [2.05, 4.69) is 11.4 Å². The van der Waals surface area contributed by atoms with Gasteiger partial charge in [0.05, 0.1) is 6.42 Å². The highest BCUT2D eigenvalue weighted by Gasteiger charge is 2.12. The van der Waals surface area contributed by atoms with Crippen LogP contribution in [0.4, 0.5) is 5.69 Å². The number of aryl methyl sites for hydroxylation is 1. The standard InChI is InChI=1S/C24H23NO4/c26-13-5-7-17-6-3-9-18(14-17)19-10-4-11-21(15-19)24(29)25-22-12-2-1-8-20(22)16-23(27)28/h1-4,6,8-12,14-15,26H,5,7,13,16H2,(H,25,29)(H,27,28). The lowest BCUT2D eigenvalue weighted by Crippen LogP contribution is -2.14. The average Bonchev–Trinajstić information content (AvgIpc) is 2.73. The second-order valence-corrected chi connectivity index (χ2v) is 6.79. The van der Waals surface area contributed by atoms with E-state index in [9.17, 15) is 9.59 Å². The number of aliphatic carboxylic acids is 1. The smallest absolute Gasteiger partial charge is 0.307 e. The molecule has 0 aromatic heterocycles. The lowest BCUT2D eigenvalue weighted by molar-refractivity contribution is -0.136. The molecule has 3 rings (SSSR count). The van der Waals surface area contributed by atoms with E-state index in [-0.39, 0.29) is 18.9 Å². The Labute approximate surface area is 169 Å². The fourth-order valence-corrected chi connectivity index (χ4v) is 3.18. The lowest BCUT2D eigenvalue weighted by atomic mass is 9.99. The molecule has 3 aromatic rings. The number of carbonyl (C=O) groups is 2. The predicted octanol–water partition coefficient (Wildman–Crippen LogP) is 4.16. The van der Waals surface area contributed by atoms with Gasteiger partial charge in [-0.1, -0.05) is 54.6 Å². The summed E-state index contributed by atoms with van der Waals surface area (Å²) in [5.74, 6) is -1.24. The summed E-state index contributed by atoms with van der Waals surface area (Å²) in [5, 5.41) is 20.9. The first-order valence-corrected chi connectivity index (χ1v) is 9.48. The van der Waals surface area contributed by atoms with Gasteiger partial charge in [-0.15, -0.1) is 0 Å². The quantitative estimate of drug-likeness (QED) is 0.540. The van der Waals surface area contributed by atoms with Crippen molar-refractivity contribution in [2.75, 3.05) is 11.9 Å². The van der Waals surface area contributed by atoms with Crippen LogP contribution in [-0.2, 0) is 17.6 Å². The molecule has 3 aromatic carbocycles. The molecule has 0 heterocycles. The van der Waals surface area contributed by atoms with Crippen molar-refractivity contribution in [3.8, 4) is 11.1 Å². The minimum Gasteiger partial charge on any atom is -0.481 e. The Morgan fingerprint density at radius 2 is 1.59 bits per heavy atom. The largest absolute Gasteiger partial charge is 0.481 e. The van der Waals surface area contributed by atoms with Crippen molar-refractivity contribution in [1.29, 1.82) is 0 Å². The fourth-order valence-electron chi connectivity index (χ4n) is 3.18. The van der Waals surface area contributed by atoms with E-state index in [0.717, 1.165) is 23.1 Å². The molecule has 3 N–H and O–H groups in total. The van der Waals surface area contributed by atoms with E-state index in [1.807, 2.05) is 36.4 Å². The number of para-hydroxylation sites is 1. The number of aliphatic hydroxyl groups excluding tert-OH is 1. The van der Waals surface area contributed by atoms with Crippen LogP contribution in [0.2, 0.25) is 0 Å². The number of carbonyl (C=O) groups excluding carboxylic acids is 1. The summed E-state index contributed by atoms with van der Waals surface area (Å²) < 4.78 is 0. The minimum absolute atomic E-state index is 0.156. The van der Waals surface area contributed by atoms with Crippen molar-refractivity contribution >= 4 is 17.6 Å². The van der Waals surface area contributed by atoms with E-state index < -0.39 is 5.97 Å². The third-order valence-electron chi connectivity index (χ3n) is 4.62. The molecular weight excluding hydrogens is 366 g/mol. The summed E-state index contributed by atoms with van der Waals surface area (Å²) in [6.07, 6.45) is 1.35. The molecule has 0 bridgehead atoms. The SMILES string of the molecule is O=C(O)Cc1ccccc1NC(=O)c1cccc(-c2cccc(CCCO)c2)c1. The van der Waals surface area contributed by atoms with Crippen LogP contribution in [0.15, 0.2) is 72.8 Å². The number of anilines is 1. The van der Waals surface area contributed by atoms with Crippen molar-refractivity contribution in [1.82, 2.24) is 0 Å². The molecule has 0 atom stereocenters. The molecule has 0 saturated heterocycles. The number of aliphatic hydroxyl groups is 1. The maximum absolute atomic E-state index is 12.8. The monoisotopic (exact) mass is 389 g/mol. The van der Waals surface area contributed by atoms with Crippen LogP contribution in [0.3, 0.4) is 0 Å². The minimum atomic E-state index is -0.949. The molecule has 0 aliphatic rings. The second-order valence-electron chi connectivity index (χ2n) is 6.79. The summed E-state index contributed by atoms with van der Waals surface area (Å²) in [6, 6.07) is 22.3. The van der Waals surface area contributed by atoms with E-state index in [0.29, 0.717) is 23.2 Å². The summed E-state index contributed by atoms with van der Waals surface area (Å²) in [5.41, 5.74) is 4.60. The van der Waals surface area contributed by atoms with E-state index in [4.69, 9.17) is 10.2 Å². The van der Waals surface area contributed by atoms with Crippen molar-refractivity contribution in [3.63, 3.8) is 0 Å². The predicted molar refractivity (Wildman–Crippen MR) is 113 cm³/mol. The van der Waals surface area contributed by atoms with Gasteiger partial charge in [-0.25, -0.2) is 0 Å². The molecule has 5 heteroatoms. The van der Waals surface area contributed by atoms with Gasteiger partial charge in [-0.3, -0.25) is 9.59 Å². The molecule has 0 spiro atoms. The number of carboxylic acids is 1. The molecule has 29 heavy (non-hydrogen) atoms. The highest BCUT2D eigenvalue weighted by Crippen LogP contribution is 2.23. The van der Waals surface area contributed by atoms with Gasteiger partial charge in [0, 0.05) is 17.9 Å². The average molecular weight is 389 g/mol. The normalized spacial score (nSPS) is 10.5. The van der Waals surface area contributed by atoms with Crippen LogP contribution >= 0.6 is 0 Å². The lowest BCUT2D eigenvalue weighted by Gasteiger charge is -2.11. The zero-order valence-corrected chi connectivity index (χ0v) is 16.0. The van der Waals surface area contributed by atoms with Gasteiger partial charge in [0.15, 0.2) is 0 Å². The van der Waals surface area contributed by atoms with Gasteiger partial charge >= 0.3 is 5.97 Å². The fraction of sp³-hybridized carbons (Fsp3) is 0.167. The van der Waals surface area contributed by atoms with Crippen molar-refractivity contribution in [2.24, 2.45) is 0 Å². The Morgan fingerprint density at radius 1 is 0.862 bits per heavy atom. The van der Waals surface area contributed by atoms with Crippen LogP contribution < -0.4 is 5.32 Å². The maximum Gasteiger partial charge on any atom is 0.307 e. The maximum atomic E-state index is 12.8. The van der Waals surface area contributed by atoms with Gasteiger partial charge in [-0.05, 0) is 53.3 Å². The molecular formula is C24H23NO4. The van der Waals surface area contributed by atoms with Crippen LogP contribution in [0, 0.1) is 0 Å². The van der Waals surface area contributed by atoms with Crippen molar-refractivity contribution < 1.29 is 19.8 Å². The first-order chi connectivity index (χ1) is 14.1. The highest BCUT2D eigenvalue weighted by atomic mass is 16.4. The number of amides is 1. The number of rotatable bonds is 8. The van der Waals surface area contributed by atoms with Crippen LogP contribution in [0.5, 0.6) is 0 Å². The first kappa shape index (κ1) is 20.3. The zero-order chi connectivity index (χ0) is 20.6. The second kappa shape index (κ2) is 9.66. The summed E-state index contributed by atoms with van der Waals surface area (Å²) in [6.45, 7) is 0.156. The summed E-state index contributed by atoms with van der Waals surface area (Å²) >= 11 is 0. The van der Waals surface area contributed by atoms with E-state index in [1.54, 1.807) is 30.3 Å². The number of nitrogens with one attached hydrogen (secondary N) is 1. The molecule has 5 nitrogen and oxygen atoms in total. The Hall–Kier alpha value is -3.44. The van der Waals surface area contributed by atoms with E-state index in [1.165, 1.54) is 0 Å².